The first-order valence-corrected chi connectivity index (χ1v) is 24.9. The zero-order valence-electron chi connectivity index (χ0n) is 36.5. The Balaban J connectivity index is 0.000000356. The molecule has 2 heterocycles. The van der Waals surface area contributed by atoms with Crippen molar-refractivity contribution in [1.82, 2.24) is 19.2 Å². The first-order valence-electron chi connectivity index (χ1n) is 20.5. The fraction of sp³-hybridized carbons (Fsp3) is 0.429. The van der Waals surface area contributed by atoms with Crippen LogP contribution >= 0.6 is 46.4 Å². The van der Waals surface area contributed by atoms with E-state index in [-0.39, 0.29) is 65.1 Å². The predicted octanol–water partition coefficient (Wildman–Crippen LogP) is 4.86. The number of sulfonamides is 2. The Morgan fingerprint density at radius 3 is 1.46 bits per heavy atom. The average molecular weight is 1070 g/mol. The molecule has 0 spiro atoms. The van der Waals surface area contributed by atoms with E-state index in [1.165, 1.54) is 6.92 Å². The maximum Gasteiger partial charge on any atom is 0.408 e. The SMILES string of the molecule is CC(C)C[C@H](NC(=O)OCc1ccccc1)C(=O)N[C@@H](C)C(=O)O.O=C(O)C(C(=O)C(C(=O)O)c1c(Cl)ccc(S(=O)(=O)N2CCOCC2)c1Cl)c1c(Cl)ccc(S(=O)(=O)N2CCOCC2)c1Cl. The monoisotopic (exact) mass is 1070 g/mol. The highest BCUT2D eigenvalue weighted by atomic mass is 35.5. The van der Waals surface area contributed by atoms with Crippen LogP contribution in [-0.4, -0.2) is 141 Å². The van der Waals surface area contributed by atoms with Crippen molar-refractivity contribution in [3.05, 3.63) is 91.4 Å². The summed E-state index contributed by atoms with van der Waals surface area (Å²) in [4.78, 5) is 72.8. The fourth-order valence-electron chi connectivity index (χ4n) is 6.81. The van der Waals surface area contributed by atoms with Gasteiger partial charge in [-0.25, -0.2) is 21.6 Å². The van der Waals surface area contributed by atoms with Gasteiger partial charge in [-0.05, 0) is 49.1 Å². The maximum absolute atomic E-state index is 13.9. The average Bonchev–Trinajstić information content (AvgIpc) is 3.28. The van der Waals surface area contributed by atoms with Gasteiger partial charge in [-0.3, -0.25) is 24.0 Å². The molecule has 2 fully saturated rings. The zero-order chi connectivity index (χ0) is 50.7. The minimum Gasteiger partial charge on any atom is -0.480 e. The Morgan fingerprint density at radius 2 is 1.07 bits per heavy atom. The van der Waals surface area contributed by atoms with Crippen molar-refractivity contribution < 1.29 is 75.1 Å². The van der Waals surface area contributed by atoms with E-state index in [9.17, 15) is 55.8 Å². The Bertz CT molecular complexity index is 2450. The van der Waals surface area contributed by atoms with Crippen LogP contribution in [0.25, 0.3) is 0 Å². The van der Waals surface area contributed by atoms with Gasteiger partial charge < -0.3 is 40.2 Å². The highest BCUT2D eigenvalue weighted by Gasteiger charge is 2.45. The molecular weight excluding hydrogens is 1020 g/mol. The third-order valence-electron chi connectivity index (χ3n) is 10.3. The van der Waals surface area contributed by atoms with Gasteiger partial charge in [-0.1, -0.05) is 90.6 Å². The molecule has 0 bridgehead atoms. The van der Waals surface area contributed by atoms with Gasteiger partial charge in [0.1, 0.15) is 40.3 Å². The number of carboxylic acids is 3. The summed E-state index contributed by atoms with van der Waals surface area (Å²) < 4.78 is 71.0. The molecule has 2 amide bonds. The van der Waals surface area contributed by atoms with Crippen LogP contribution in [-0.2, 0) is 64.8 Å². The van der Waals surface area contributed by atoms with Gasteiger partial charge in [0.25, 0.3) is 0 Å². The van der Waals surface area contributed by atoms with Crippen LogP contribution in [0.5, 0.6) is 0 Å². The fourth-order valence-corrected chi connectivity index (χ4v) is 11.5. The largest absolute Gasteiger partial charge is 0.480 e. The first kappa shape index (κ1) is 56.0. The number of nitrogens with zero attached hydrogens (tertiary/aromatic N) is 2. The van der Waals surface area contributed by atoms with E-state index in [4.69, 9.17) is 65.7 Å². The van der Waals surface area contributed by atoms with Gasteiger partial charge >= 0.3 is 24.0 Å². The van der Waals surface area contributed by atoms with Crippen molar-refractivity contribution in [3.8, 4) is 0 Å². The summed E-state index contributed by atoms with van der Waals surface area (Å²) in [5, 5.41) is 31.7. The summed E-state index contributed by atoms with van der Waals surface area (Å²) in [7, 11) is -8.66. The number of carboxylic acid groups (broad SMARTS) is 3. The number of carbonyl (C=O) groups excluding carboxylic acids is 3. The molecule has 20 nitrogen and oxygen atoms in total. The summed E-state index contributed by atoms with van der Waals surface area (Å²) in [6.07, 6.45) is -0.346. The number of nitrogens with one attached hydrogen (secondary N) is 2. The van der Waals surface area contributed by atoms with Gasteiger partial charge in [0.05, 0.1) is 36.5 Å². The summed E-state index contributed by atoms with van der Waals surface area (Å²) in [5.41, 5.74) is -0.538. The van der Waals surface area contributed by atoms with Gasteiger partial charge in [0.15, 0.2) is 5.78 Å². The molecule has 0 saturated carbocycles. The molecular formula is C42H48Cl4N4O16S2. The number of amides is 2. The molecule has 2 aliphatic heterocycles. The minimum absolute atomic E-state index is 0.0281. The lowest BCUT2D eigenvalue weighted by atomic mass is 9.83. The molecule has 372 valence electrons. The van der Waals surface area contributed by atoms with Crippen molar-refractivity contribution in [2.24, 2.45) is 5.92 Å². The number of ketones is 1. The Morgan fingerprint density at radius 1 is 0.647 bits per heavy atom. The Kier molecular flexibility index (Phi) is 20.4. The lowest BCUT2D eigenvalue weighted by Gasteiger charge is -2.28. The van der Waals surface area contributed by atoms with E-state index >= 15 is 0 Å². The molecule has 2 unspecified atom stereocenters. The van der Waals surface area contributed by atoms with Crippen molar-refractivity contribution in [2.45, 2.75) is 67.5 Å². The lowest BCUT2D eigenvalue weighted by Crippen LogP contribution is -2.51. The molecule has 26 heteroatoms. The van der Waals surface area contributed by atoms with E-state index in [0.29, 0.717) is 6.42 Å². The van der Waals surface area contributed by atoms with Crippen LogP contribution in [0.1, 0.15) is 55.7 Å². The Labute approximate surface area is 411 Å². The number of benzene rings is 3. The summed E-state index contributed by atoms with van der Waals surface area (Å²) in [6.45, 7) is 5.51. The molecule has 68 heavy (non-hydrogen) atoms. The quantitative estimate of drug-likeness (QED) is 0.106. The number of Topliss-reactive ketones (excluding diaryl/α,β-unsaturated/α-hetero) is 1. The molecule has 5 N–H and O–H groups in total. The smallest absolute Gasteiger partial charge is 0.408 e. The molecule has 5 rings (SSSR count). The van der Waals surface area contributed by atoms with Crippen LogP contribution < -0.4 is 10.6 Å². The number of aliphatic carboxylic acids is 3. The Hall–Kier alpha value is -4.62. The van der Waals surface area contributed by atoms with E-state index in [2.05, 4.69) is 10.6 Å². The summed E-state index contributed by atoms with van der Waals surface area (Å²) >= 11 is 25.4. The first-order chi connectivity index (χ1) is 31.9. The second-order valence-corrected chi connectivity index (χ2v) is 20.9. The minimum atomic E-state index is -4.33. The van der Waals surface area contributed by atoms with Crippen LogP contribution in [0, 0.1) is 5.92 Å². The molecule has 3 aromatic rings. The molecule has 0 radical (unpaired) electrons. The molecule has 2 aliphatic rings. The van der Waals surface area contributed by atoms with Crippen LogP contribution in [0.15, 0.2) is 64.4 Å². The number of carbonyl (C=O) groups is 6. The van der Waals surface area contributed by atoms with Gasteiger partial charge in [0, 0.05) is 47.4 Å². The zero-order valence-corrected chi connectivity index (χ0v) is 41.2. The summed E-state index contributed by atoms with van der Waals surface area (Å²) in [6, 6.07) is 11.4. The van der Waals surface area contributed by atoms with Gasteiger partial charge in [-0.15, -0.1) is 0 Å². The second-order valence-electron chi connectivity index (χ2n) is 15.5. The van der Waals surface area contributed by atoms with Crippen molar-refractivity contribution in [2.75, 3.05) is 52.6 Å². The number of morpholine rings is 2. The topological polar surface area (TPSA) is 290 Å². The molecule has 3 aromatic carbocycles. The van der Waals surface area contributed by atoms with Gasteiger partial charge in [0.2, 0.25) is 26.0 Å². The summed E-state index contributed by atoms with van der Waals surface area (Å²) in [5.74, 6) is -11.8. The van der Waals surface area contributed by atoms with Crippen LogP contribution in [0.4, 0.5) is 4.79 Å². The second kappa shape index (κ2) is 24.8. The molecule has 4 atom stereocenters. The number of alkyl carbamates (subject to hydrolysis) is 1. The van der Waals surface area contributed by atoms with E-state index in [0.717, 1.165) is 38.4 Å². The number of rotatable bonds is 18. The highest BCUT2D eigenvalue weighted by molar-refractivity contribution is 7.89. The van der Waals surface area contributed by atoms with Crippen LogP contribution in [0.2, 0.25) is 20.1 Å². The third-order valence-corrected chi connectivity index (χ3v) is 15.8. The number of ether oxygens (including phenoxy) is 3. The molecule has 0 aliphatic carbocycles. The number of hydrogen-bond acceptors (Lipinski definition) is 13. The standard InChI is InChI=1S/C25H24Cl4N2O11S2.C17H24N2O5/c26-13-1-3-15(43(37,38)30-5-9-41-10-6-30)21(28)17(13)19(24(33)34)23(32)20(25(35)36)18-14(27)2-4-16(22(18)29)44(39,40)31-7-11-42-12-8-31;1-11(2)9-14(15(20)18-12(3)16(21)22)19-17(23)24-10-13-7-5-4-6-8-13/h1-4,19-20H,5-12H2,(H,33,34)(H,35,36);4-8,11-12,14H,9-10H2,1-3H3,(H,18,20)(H,19,23)(H,21,22)/t;12-,14-/m.0/s1. The number of halogens is 4. The van der Waals surface area contributed by atoms with Crippen molar-refractivity contribution in [1.29, 1.82) is 0 Å². The molecule has 0 aromatic heterocycles. The van der Waals surface area contributed by atoms with Gasteiger partial charge in [-0.2, -0.15) is 8.61 Å². The van der Waals surface area contributed by atoms with E-state index in [1.54, 1.807) is 0 Å². The lowest BCUT2D eigenvalue weighted by molar-refractivity contribution is -0.147. The van der Waals surface area contributed by atoms with E-state index in [1.807, 2.05) is 44.2 Å². The maximum atomic E-state index is 13.9. The highest BCUT2D eigenvalue weighted by Crippen LogP contribution is 2.44. The van der Waals surface area contributed by atoms with Crippen LogP contribution in [0.3, 0.4) is 0 Å². The third kappa shape index (κ3) is 14.0. The van der Waals surface area contributed by atoms with Crippen molar-refractivity contribution in [3.63, 3.8) is 0 Å². The van der Waals surface area contributed by atoms with E-state index < -0.39 is 121 Å². The molecule has 2 saturated heterocycles. The normalized spacial score (nSPS) is 16.5. The number of hydrogen-bond donors (Lipinski definition) is 5. The van der Waals surface area contributed by atoms with Crippen molar-refractivity contribution >= 4 is 102 Å². The predicted molar refractivity (Wildman–Crippen MR) is 246 cm³/mol.